The van der Waals surface area contributed by atoms with Gasteiger partial charge in [0, 0.05) is 5.69 Å². The monoisotopic (exact) mass is 341 g/mol. The first-order valence-electron chi connectivity index (χ1n) is 7.88. The SMILES string of the molecule is CCC(C)c1ccccc1NC(=O)COc1ncnc2sccc12. The molecule has 0 saturated carbocycles. The maximum Gasteiger partial charge on any atom is 0.262 e. The third-order valence-electron chi connectivity index (χ3n) is 3.94. The number of fused-ring (bicyclic) bond motifs is 1. The Morgan fingerprint density at radius 2 is 2.12 bits per heavy atom. The van der Waals surface area contributed by atoms with Gasteiger partial charge >= 0.3 is 0 Å². The fourth-order valence-corrected chi connectivity index (χ4v) is 3.19. The highest BCUT2D eigenvalue weighted by Gasteiger charge is 2.12. The Balaban J connectivity index is 1.67. The first-order chi connectivity index (χ1) is 11.7. The maximum atomic E-state index is 12.2. The largest absolute Gasteiger partial charge is 0.467 e. The molecule has 6 heteroatoms. The van der Waals surface area contributed by atoms with Gasteiger partial charge in [0.1, 0.15) is 11.2 Å². The van der Waals surface area contributed by atoms with E-state index in [1.807, 2.05) is 35.7 Å². The van der Waals surface area contributed by atoms with Crippen molar-refractivity contribution in [3.63, 3.8) is 0 Å². The van der Waals surface area contributed by atoms with Crippen molar-refractivity contribution >= 4 is 33.1 Å². The molecular weight excluding hydrogens is 322 g/mol. The van der Waals surface area contributed by atoms with Crippen LogP contribution in [0.1, 0.15) is 31.7 Å². The Morgan fingerprint density at radius 1 is 1.29 bits per heavy atom. The number of hydrogen-bond donors (Lipinski definition) is 1. The molecule has 0 radical (unpaired) electrons. The smallest absolute Gasteiger partial charge is 0.262 e. The molecule has 1 amide bonds. The quantitative estimate of drug-likeness (QED) is 0.729. The van der Waals surface area contributed by atoms with E-state index in [-0.39, 0.29) is 12.5 Å². The van der Waals surface area contributed by atoms with Crippen LogP contribution in [0.25, 0.3) is 10.2 Å². The van der Waals surface area contributed by atoms with E-state index in [0.29, 0.717) is 11.8 Å². The van der Waals surface area contributed by atoms with Crippen LogP contribution in [0.2, 0.25) is 0 Å². The highest BCUT2D eigenvalue weighted by Crippen LogP contribution is 2.27. The topological polar surface area (TPSA) is 64.1 Å². The van der Waals surface area contributed by atoms with Crippen LogP contribution in [-0.2, 0) is 4.79 Å². The zero-order valence-electron chi connectivity index (χ0n) is 13.7. The van der Waals surface area contributed by atoms with E-state index in [4.69, 9.17) is 4.74 Å². The van der Waals surface area contributed by atoms with Gasteiger partial charge in [0.05, 0.1) is 5.39 Å². The fraction of sp³-hybridized carbons (Fsp3) is 0.278. The van der Waals surface area contributed by atoms with Gasteiger partial charge in [-0.1, -0.05) is 32.0 Å². The Kier molecular flexibility index (Phi) is 5.05. The van der Waals surface area contributed by atoms with Gasteiger partial charge in [-0.3, -0.25) is 4.79 Å². The van der Waals surface area contributed by atoms with E-state index in [9.17, 15) is 4.79 Å². The lowest BCUT2D eigenvalue weighted by atomic mass is 9.97. The molecule has 0 spiro atoms. The van der Waals surface area contributed by atoms with Crippen molar-refractivity contribution in [3.8, 4) is 5.88 Å². The Hall–Kier alpha value is -2.47. The lowest BCUT2D eigenvalue weighted by Crippen LogP contribution is -2.21. The number of hydrogen-bond acceptors (Lipinski definition) is 5. The van der Waals surface area contributed by atoms with Gasteiger partial charge in [0.2, 0.25) is 5.88 Å². The summed E-state index contributed by atoms with van der Waals surface area (Å²) in [5.41, 5.74) is 1.97. The molecule has 0 aliphatic heterocycles. The van der Waals surface area contributed by atoms with Gasteiger partial charge in [-0.2, -0.15) is 0 Å². The van der Waals surface area contributed by atoms with Crippen molar-refractivity contribution in [1.29, 1.82) is 0 Å². The summed E-state index contributed by atoms with van der Waals surface area (Å²) in [6, 6.07) is 9.76. The predicted molar refractivity (Wildman–Crippen MR) is 96.7 cm³/mol. The number of anilines is 1. The number of aromatic nitrogens is 2. The molecule has 0 bridgehead atoms. The summed E-state index contributed by atoms with van der Waals surface area (Å²) >= 11 is 1.51. The van der Waals surface area contributed by atoms with Crippen LogP contribution in [-0.4, -0.2) is 22.5 Å². The zero-order valence-corrected chi connectivity index (χ0v) is 14.5. The number of benzene rings is 1. The Morgan fingerprint density at radius 3 is 2.96 bits per heavy atom. The highest BCUT2D eigenvalue weighted by molar-refractivity contribution is 7.16. The van der Waals surface area contributed by atoms with E-state index >= 15 is 0 Å². The molecule has 5 nitrogen and oxygen atoms in total. The van der Waals surface area contributed by atoms with Crippen LogP contribution in [0.15, 0.2) is 42.0 Å². The molecule has 3 aromatic rings. The van der Waals surface area contributed by atoms with Gasteiger partial charge in [-0.05, 0) is 35.4 Å². The summed E-state index contributed by atoms with van der Waals surface area (Å²) < 4.78 is 5.58. The number of nitrogens with one attached hydrogen (secondary N) is 1. The third kappa shape index (κ3) is 3.54. The summed E-state index contributed by atoms with van der Waals surface area (Å²) in [6.07, 6.45) is 2.46. The van der Waals surface area contributed by atoms with Gasteiger partial charge in [-0.15, -0.1) is 11.3 Å². The van der Waals surface area contributed by atoms with E-state index in [1.165, 1.54) is 17.7 Å². The third-order valence-corrected chi connectivity index (χ3v) is 4.76. The average molecular weight is 341 g/mol. The van der Waals surface area contributed by atoms with Gasteiger partial charge in [0.25, 0.3) is 5.91 Å². The van der Waals surface area contributed by atoms with E-state index < -0.39 is 0 Å². The van der Waals surface area contributed by atoms with Crippen LogP contribution < -0.4 is 10.1 Å². The van der Waals surface area contributed by atoms with Crippen molar-refractivity contribution < 1.29 is 9.53 Å². The first kappa shape index (κ1) is 16.4. The van der Waals surface area contributed by atoms with Gasteiger partial charge in [0.15, 0.2) is 6.61 Å². The van der Waals surface area contributed by atoms with Crippen LogP contribution in [0.4, 0.5) is 5.69 Å². The molecule has 1 atom stereocenters. The molecule has 1 aromatic carbocycles. The molecule has 0 aliphatic carbocycles. The van der Waals surface area contributed by atoms with Crippen molar-refractivity contribution in [2.24, 2.45) is 0 Å². The molecular formula is C18H19N3O2S. The summed E-state index contributed by atoms with van der Waals surface area (Å²) in [4.78, 5) is 21.4. The number of rotatable bonds is 6. The lowest BCUT2D eigenvalue weighted by Gasteiger charge is -2.15. The van der Waals surface area contributed by atoms with E-state index in [1.54, 1.807) is 0 Å². The number of amides is 1. The number of thiophene rings is 1. The van der Waals surface area contributed by atoms with Crippen LogP contribution >= 0.6 is 11.3 Å². The molecule has 2 aromatic heterocycles. The second-order valence-corrected chi connectivity index (χ2v) is 6.45. The minimum absolute atomic E-state index is 0.0865. The zero-order chi connectivity index (χ0) is 16.9. The van der Waals surface area contributed by atoms with Crippen molar-refractivity contribution in [1.82, 2.24) is 9.97 Å². The van der Waals surface area contributed by atoms with Crippen molar-refractivity contribution in [3.05, 3.63) is 47.6 Å². The van der Waals surface area contributed by atoms with Crippen LogP contribution in [0.5, 0.6) is 5.88 Å². The number of carbonyl (C=O) groups is 1. The Labute approximate surface area is 144 Å². The lowest BCUT2D eigenvalue weighted by molar-refractivity contribution is -0.118. The highest BCUT2D eigenvalue weighted by atomic mass is 32.1. The standard InChI is InChI=1S/C18H19N3O2S/c1-3-12(2)13-6-4-5-7-15(13)21-16(22)10-23-17-14-8-9-24-18(14)20-11-19-17/h4-9,11-12H,3,10H2,1-2H3,(H,21,22). The van der Waals surface area contributed by atoms with E-state index in [2.05, 4.69) is 29.1 Å². The molecule has 1 N–H and O–H groups in total. The fourth-order valence-electron chi connectivity index (χ4n) is 2.46. The second kappa shape index (κ2) is 7.40. The van der Waals surface area contributed by atoms with Crippen LogP contribution in [0, 0.1) is 0 Å². The number of nitrogens with zero attached hydrogens (tertiary/aromatic N) is 2. The number of carbonyl (C=O) groups excluding carboxylic acids is 1. The minimum Gasteiger partial charge on any atom is -0.467 e. The summed E-state index contributed by atoms with van der Waals surface area (Å²) in [5, 5.41) is 5.69. The second-order valence-electron chi connectivity index (χ2n) is 5.55. The first-order valence-corrected chi connectivity index (χ1v) is 8.76. The van der Waals surface area contributed by atoms with E-state index in [0.717, 1.165) is 27.9 Å². The molecule has 124 valence electrons. The summed E-state index contributed by atoms with van der Waals surface area (Å²) in [7, 11) is 0. The number of para-hydroxylation sites is 1. The molecule has 0 aliphatic rings. The average Bonchev–Trinajstić information content (AvgIpc) is 3.09. The van der Waals surface area contributed by atoms with Crippen molar-refractivity contribution in [2.45, 2.75) is 26.2 Å². The van der Waals surface area contributed by atoms with Gasteiger partial charge < -0.3 is 10.1 Å². The normalized spacial score (nSPS) is 12.1. The summed E-state index contributed by atoms with van der Waals surface area (Å²) in [5.74, 6) is 0.620. The molecule has 3 rings (SSSR count). The molecule has 24 heavy (non-hydrogen) atoms. The van der Waals surface area contributed by atoms with Crippen LogP contribution in [0.3, 0.4) is 0 Å². The summed E-state index contributed by atoms with van der Waals surface area (Å²) in [6.45, 7) is 4.19. The minimum atomic E-state index is -0.201. The van der Waals surface area contributed by atoms with Gasteiger partial charge in [-0.25, -0.2) is 9.97 Å². The van der Waals surface area contributed by atoms with Crippen molar-refractivity contribution in [2.75, 3.05) is 11.9 Å². The molecule has 0 saturated heterocycles. The Bertz CT molecular complexity index is 847. The molecule has 2 heterocycles. The number of ether oxygens (including phenoxy) is 1. The molecule has 0 fully saturated rings. The molecule has 1 unspecified atom stereocenters. The predicted octanol–water partition coefficient (Wildman–Crippen LogP) is 4.22. The maximum absolute atomic E-state index is 12.2.